The highest BCUT2D eigenvalue weighted by atomic mass is 19.2. The molecule has 0 atom stereocenters. The average Bonchev–Trinajstić information content (AvgIpc) is 2.74. The molecule has 0 amide bonds. The molecule has 1 heterocycles. The zero-order valence-corrected chi connectivity index (χ0v) is 13.8. The molecule has 2 nitrogen and oxygen atoms in total. The standard InChI is InChI=1S/C18H2F10N2/c19-9-7(10(20)14(24)17(27)13(9)23)4-1-2-5(30-6(4)3-29)8-11(21)15(25)18(28)16(26)12(8)22/h1-2H. The van der Waals surface area contributed by atoms with Gasteiger partial charge in [0, 0.05) is 5.56 Å². The first-order valence-electron chi connectivity index (χ1n) is 7.47. The van der Waals surface area contributed by atoms with Crippen LogP contribution in [0.25, 0.3) is 22.4 Å². The van der Waals surface area contributed by atoms with Gasteiger partial charge < -0.3 is 0 Å². The van der Waals surface area contributed by atoms with Crippen LogP contribution in [0.5, 0.6) is 0 Å². The van der Waals surface area contributed by atoms with Gasteiger partial charge in [-0.25, -0.2) is 48.9 Å². The lowest BCUT2D eigenvalue weighted by Crippen LogP contribution is -2.07. The number of benzene rings is 2. The first kappa shape index (κ1) is 21.1. The topological polar surface area (TPSA) is 36.7 Å². The van der Waals surface area contributed by atoms with E-state index in [9.17, 15) is 43.9 Å². The normalized spacial score (nSPS) is 11.0. The fourth-order valence-electron chi connectivity index (χ4n) is 2.56. The van der Waals surface area contributed by atoms with Gasteiger partial charge in [0.25, 0.3) is 0 Å². The smallest absolute Gasteiger partial charge is 0.200 e. The SMILES string of the molecule is N#Cc1nc(-c2c(F)c(F)c(F)c(F)c2F)ccc1-c1c(F)c(F)c(F)c(F)c1F. The van der Waals surface area contributed by atoms with Crippen molar-refractivity contribution < 1.29 is 43.9 Å². The highest BCUT2D eigenvalue weighted by Gasteiger charge is 2.30. The van der Waals surface area contributed by atoms with Crippen molar-refractivity contribution in [1.82, 2.24) is 4.98 Å². The van der Waals surface area contributed by atoms with Gasteiger partial charge in [-0.15, -0.1) is 0 Å². The molecule has 0 spiro atoms. The van der Waals surface area contributed by atoms with E-state index in [1.54, 1.807) is 0 Å². The summed E-state index contributed by atoms with van der Waals surface area (Å²) in [5.41, 5.74) is -6.24. The van der Waals surface area contributed by atoms with Gasteiger partial charge in [-0.2, -0.15) is 5.26 Å². The van der Waals surface area contributed by atoms with Crippen molar-refractivity contribution in [1.29, 1.82) is 5.26 Å². The molecule has 2 aromatic carbocycles. The third-order valence-electron chi connectivity index (χ3n) is 3.95. The molecule has 30 heavy (non-hydrogen) atoms. The Morgan fingerprint density at radius 2 is 0.900 bits per heavy atom. The van der Waals surface area contributed by atoms with E-state index in [0.29, 0.717) is 12.1 Å². The molecule has 0 aliphatic carbocycles. The summed E-state index contributed by atoms with van der Waals surface area (Å²) in [6.07, 6.45) is 0. The lowest BCUT2D eigenvalue weighted by Gasteiger charge is -2.12. The van der Waals surface area contributed by atoms with Crippen LogP contribution >= 0.6 is 0 Å². The van der Waals surface area contributed by atoms with Crippen LogP contribution in [0.4, 0.5) is 43.9 Å². The third kappa shape index (κ3) is 2.94. The summed E-state index contributed by atoms with van der Waals surface area (Å²) in [6.45, 7) is 0. The van der Waals surface area contributed by atoms with Gasteiger partial charge in [-0.3, -0.25) is 0 Å². The van der Waals surface area contributed by atoms with E-state index in [2.05, 4.69) is 4.98 Å². The molecule has 12 heteroatoms. The second-order valence-corrected chi connectivity index (χ2v) is 5.59. The van der Waals surface area contributed by atoms with E-state index >= 15 is 0 Å². The van der Waals surface area contributed by atoms with Crippen molar-refractivity contribution in [3.63, 3.8) is 0 Å². The number of pyridine rings is 1. The molecule has 0 unspecified atom stereocenters. The van der Waals surface area contributed by atoms with Crippen LogP contribution < -0.4 is 0 Å². The summed E-state index contributed by atoms with van der Waals surface area (Å²) in [5.74, 6) is -23.5. The molecule has 1 aromatic heterocycles. The number of nitrogens with zero attached hydrogens (tertiary/aromatic N) is 2. The number of rotatable bonds is 2. The Balaban J connectivity index is 2.33. The maximum Gasteiger partial charge on any atom is 0.200 e. The Morgan fingerprint density at radius 1 is 0.533 bits per heavy atom. The lowest BCUT2D eigenvalue weighted by atomic mass is 10.00. The van der Waals surface area contributed by atoms with Gasteiger partial charge in [0.2, 0.25) is 11.6 Å². The number of nitriles is 1. The van der Waals surface area contributed by atoms with Gasteiger partial charge in [0.05, 0.1) is 16.8 Å². The number of hydrogen-bond donors (Lipinski definition) is 0. The van der Waals surface area contributed by atoms with E-state index < -0.39 is 86.3 Å². The number of halogens is 10. The first-order valence-corrected chi connectivity index (χ1v) is 7.47. The van der Waals surface area contributed by atoms with E-state index in [-0.39, 0.29) is 0 Å². The van der Waals surface area contributed by atoms with Gasteiger partial charge in [0.15, 0.2) is 46.5 Å². The van der Waals surface area contributed by atoms with E-state index in [0.717, 1.165) is 0 Å². The van der Waals surface area contributed by atoms with Crippen LogP contribution in [0.2, 0.25) is 0 Å². The Hall–Kier alpha value is -3.62. The monoisotopic (exact) mass is 436 g/mol. The highest BCUT2D eigenvalue weighted by molar-refractivity contribution is 5.73. The Bertz CT molecular complexity index is 1210. The first-order chi connectivity index (χ1) is 14.0. The highest BCUT2D eigenvalue weighted by Crippen LogP contribution is 2.36. The van der Waals surface area contributed by atoms with Crippen LogP contribution in [0.1, 0.15) is 5.69 Å². The molecule has 0 saturated carbocycles. The second-order valence-electron chi connectivity index (χ2n) is 5.59. The Kier molecular flexibility index (Phi) is 5.15. The van der Waals surface area contributed by atoms with Gasteiger partial charge in [-0.1, -0.05) is 0 Å². The fraction of sp³-hybridized carbons (Fsp3) is 0. The minimum Gasteiger partial charge on any atom is -0.236 e. The summed E-state index contributed by atoms with van der Waals surface area (Å²) >= 11 is 0. The Morgan fingerprint density at radius 3 is 1.30 bits per heavy atom. The maximum atomic E-state index is 14.0. The van der Waals surface area contributed by atoms with E-state index in [1.807, 2.05) is 0 Å². The summed E-state index contributed by atoms with van der Waals surface area (Å²) in [7, 11) is 0. The summed E-state index contributed by atoms with van der Waals surface area (Å²) < 4.78 is 136. The van der Waals surface area contributed by atoms with E-state index in [1.165, 1.54) is 6.07 Å². The molecule has 154 valence electrons. The summed E-state index contributed by atoms with van der Waals surface area (Å²) in [4.78, 5) is 3.27. The van der Waals surface area contributed by atoms with Gasteiger partial charge in [-0.05, 0) is 12.1 Å². The molecule has 0 aliphatic rings. The molecule has 0 saturated heterocycles. The molecule has 0 bridgehead atoms. The lowest BCUT2D eigenvalue weighted by molar-refractivity contribution is 0.381. The van der Waals surface area contributed by atoms with Crippen molar-refractivity contribution in [3.05, 3.63) is 76.0 Å². The largest absolute Gasteiger partial charge is 0.236 e. The van der Waals surface area contributed by atoms with Gasteiger partial charge >= 0.3 is 0 Å². The van der Waals surface area contributed by atoms with Crippen molar-refractivity contribution in [3.8, 4) is 28.5 Å². The molecule has 3 rings (SSSR count). The summed E-state index contributed by atoms with van der Waals surface area (Å²) in [5, 5.41) is 9.10. The average molecular weight is 436 g/mol. The van der Waals surface area contributed by atoms with E-state index in [4.69, 9.17) is 5.26 Å². The van der Waals surface area contributed by atoms with Crippen LogP contribution in [-0.4, -0.2) is 4.98 Å². The van der Waals surface area contributed by atoms with Crippen LogP contribution in [0.3, 0.4) is 0 Å². The maximum absolute atomic E-state index is 14.0. The van der Waals surface area contributed by atoms with Gasteiger partial charge in [0.1, 0.15) is 11.8 Å². The molecule has 0 radical (unpaired) electrons. The minimum atomic E-state index is -2.47. The summed E-state index contributed by atoms with van der Waals surface area (Å²) in [6, 6.07) is 2.16. The predicted molar refractivity (Wildman–Crippen MR) is 79.4 cm³/mol. The molecule has 0 N–H and O–H groups in total. The molecular weight excluding hydrogens is 434 g/mol. The third-order valence-corrected chi connectivity index (χ3v) is 3.95. The quantitative estimate of drug-likeness (QED) is 0.295. The molecular formula is C18H2F10N2. The molecule has 3 aromatic rings. The molecule has 0 fully saturated rings. The van der Waals surface area contributed by atoms with Crippen molar-refractivity contribution in [2.45, 2.75) is 0 Å². The predicted octanol–water partition coefficient (Wildman–Crippen LogP) is 5.68. The van der Waals surface area contributed by atoms with Crippen molar-refractivity contribution in [2.24, 2.45) is 0 Å². The number of aromatic nitrogens is 1. The second kappa shape index (κ2) is 7.33. The molecule has 0 aliphatic heterocycles. The van der Waals surface area contributed by atoms with Crippen molar-refractivity contribution >= 4 is 0 Å². The van der Waals surface area contributed by atoms with Crippen LogP contribution in [-0.2, 0) is 0 Å². The van der Waals surface area contributed by atoms with Crippen LogP contribution in [0, 0.1) is 69.5 Å². The minimum absolute atomic E-state index is 0.479. The Labute approximate surface area is 159 Å². The fourth-order valence-corrected chi connectivity index (χ4v) is 2.56. The van der Waals surface area contributed by atoms with Crippen molar-refractivity contribution in [2.75, 3.05) is 0 Å². The zero-order chi connectivity index (χ0) is 22.5. The zero-order valence-electron chi connectivity index (χ0n) is 13.8. The van der Waals surface area contributed by atoms with Crippen LogP contribution in [0.15, 0.2) is 12.1 Å². The number of hydrogen-bond acceptors (Lipinski definition) is 2.